The van der Waals surface area contributed by atoms with Crippen molar-refractivity contribution in [1.82, 2.24) is 4.31 Å². The van der Waals surface area contributed by atoms with Crippen LogP contribution in [-0.4, -0.2) is 67.0 Å². The van der Waals surface area contributed by atoms with Gasteiger partial charge in [0, 0.05) is 24.7 Å². The van der Waals surface area contributed by atoms with Crippen molar-refractivity contribution in [2.75, 3.05) is 25.6 Å². The molecule has 1 saturated heterocycles. The number of nitrogens with one attached hydrogen (secondary N) is 1. The molecule has 13 heteroatoms. The summed E-state index contributed by atoms with van der Waals surface area (Å²) < 4.78 is 36.8. The number of carbonyl (C=O) groups is 2. The Hall–Kier alpha value is -3.55. The van der Waals surface area contributed by atoms with Crippen LogP contribution in [0.4, 0.5) is 11.4 Å². The molecule has 2 N–H and O–H groups in total. The molecule has 3 rings (SSSR count). The lowest BCUT2D eigenvalue weighted by molar-refractivity contribution is -0.387. The maximum absolute atomic E-state index is 13.1. The smallest absolute Gasteiger partial charge is 0.325 e. The predicted molar refractivity (Wildman–Crippen MR) is 114 cm³/mol. The van der Waals surface area contributed by atoms with Crippen molar-refractivity contribution < 1.29 is 37.5 Å². The molecule has 1 amide bonds. The number of aliphatic hydroxyl groups excluding tert-OH is 1. The first kappa shape index (κ1) is 24.1. The molecule has 1 aliphatic heterocycles. The molecule has 2 aromatic carbocycles. The number of sulfonamides is 1. The van der Waals surface area contributed by atoms with Gasteiger partial charge < -0.3 is 19.9 Å². The number of anilines is 1. The molecule has 2 aromatic rings. The number of benzene rings is 2. The van der Waals surface area contributed by atoms with Crippen molar-refractivity contribution >= 4 is 33.3 Å². The highest BCUT2D eigenvalue weighted by Gasteiger charge is 2.46. The summed E-state index contributed by atoms with van der Waals surface area (Å²) in [6.07, 6.45) is -1.47. The van der Waals surface area contributed by atoms with Gasteiger partial charge in [-0.25, -0.2) is 8.42 Å². The number of rotatable bonds is 8. The Bertz CT molecular complexity index is 1150. The average molecular weight is 479 g/mol. The Morgan fingerprint density at radius 1 is 1.21 bits per heavy atom. The molecule has 33 heavy (non-hydrogen) atoms. The van der Waals surface area contributed by atoms with E-state index in [1.807, 2.05) is 0 Å². The van der Waals surface area contributed by atoms with Crippen molar-refractivity contribution in [3.8, 4) is 5.75 Å². The Kier molecular flexibility index (Phi) is 7.26. The predicted octanol–water partition coefficient (Wildman–Crippen LogP) is 0.909. The molecule has 0 bridgehead atoms. The summed E-state index contributed by atoms with van der Waals surface area (Å²) in [5.74, 6) is -1.14. The fourth-order valence-electron chi connectivity index (χ4n) is 3.32. The van der Waals surface area contributed by atoms with Gasteiger partial charge in [-0.3, -0.25) is 19.7 Å². The van der Waals surface area contributed by atoms with E-state index in [2.05, 4.69) is 5.32 Å². The fraction of sp³-hybridized carbons (Fsp3) is 0.300. The molecule has 2 atom stereocenters. The molecule has 176 valence electrons. The largest absolute Gasteiger partial charge is 0.497 e. The van der Waals surface area contributed by atoms with Crippen LogP contribution >= 0.6 is 0 Å². The van der Waals surface area contributed by atoms with E-state index in [-0.39, 0.29) is 6.42 Å². The number of β-amino-alcohol motifs (C(OH)–C–C–N with tert-alkyl or cyclic N) is 1. The van der Waals surface area contributed by atoms with E-state index in [9.17, 15) is 33.2 Å². The fourth-order valence-corrected chi connectivity index (χ4v) is 5.11. The summed E-state index contributed by atoms with van der Waals surface area (Å²) in [6, 6.07) is 9.63. The second-order valence-corrected chi connectivity index (χ2v) is 8.95. The van der Waals surface area contributed by atoms with Crippen LogP contribution in [0.1, 0.15) is 6.42 Å². The van der Waals surface area contributed by atoms with Crippen molar-refractivity contribution in [3.63, 3.8) is 0 Å². The number of nitrogens with zero attached hydrogens (tertiary/aromatic N) is 2. The number of para-hydroxylation sites is 1. The minimum Gasteiger partial charge on any atom is -0.497 e. The van der Waals surface area contributed by atoms with Crippen molar-refractivity contribution in [1.29, 1.82) is 0 Å². The van der Waals surface area contributed by atoms with Gasteiger partial charge in [-0.05, 0) is 30.3 Å². The second kappa shape index (κ2) is 9.94. The lowest BCUT2D eigenvalue weighted by Crippen LogP contribution is -2.42. The Morgan fingerprint density at radius 3 is 2.52 bits per heavy atom. The Labute approximate surface area is 188 Å². The lowest BCUT2D eigenvalue weighted by atomic mass is 10.2. The van der Waals surface area contributed by atoms with E-state index in [0.717, 1.165) is 12.1 Å². The normalized spacial score (nSPS) is 18.5. The maximum Gasteiger partial charge on any atom is 0.325 e. The second-order valence-electron chi connectivity index (χ2n) is 7.09. The molecule has 12 nitrogen and oxygen atoms in total. The number of hydrogen-bond acceptors (Lipinski definition) is 9. The summed E-state index contributed by atoms with van der Waals surface area (Å²) in [5.41, 5.74) is -0.237. The monoisotopic (exact) mass is 479 g/mol. The molecular formula is C20H21N3O9S. The van der Waals surface area contributed by atoms with Gasteiger partial charge >= 0.3 is 5.97 Å². The highest BCUT2D eigenvalue weighted by atomic mass is 32.2. The van der Waals surface area contributed by atoms with E-state index in [0.29, 0.717) is 15.7 Å². The van der Waals surface area contributed by atoms with Crippen LogP contribution in [0.3, 0.4) is 0 Å². The SMILES string of the molecule is COc1ccc(NC(=O)COC(=O)C2CC(O)CN2S(=O)(=O)c2ccccc2[N+](=O)[O-])cc1. The van der Waals surface area contributed by atoms with Crippen LogP contribution in [0, 0.1) is 10.1 Å². The summed E-state index contributed by atoms with van der Waals surface area (Å²) >= 11 is 0. The first-order chi connectivity index (χ1) is 15.6. The quantitative estimate of drug-likeness (QED) is 0.318. The molecule has 2 unspecified atom stereocenters. The minimum atomic E-state index is -4.52. The summed E-state index contributed by atoms with van der Waals surface area (Å²) in [6.45, 7) is -1.15. The van der Waals surface area contributed by atoms with Gasteiger partial charge in [0.05, 0.1) is 18.1 Å². The molecule has 0 spiro atoms. The number of nitro groups is 1. The van der Waals surface area contributed by atoms with Gasteiger partial charge in [-0.1, -0.05) is 12.1 Å². The van der Waals surface area contributed by atoms with E-state index < -0.39 is 62.7 Å². The van der Waals surface area contributed by atoms with E-state index in [1.54, 1.807) is 24.3 Å². The third-order valence-corrected chi connectivity index (χ3v) is 6.80. The maximum atomic E-state index is 13.1. The van der Waals surface area contributed by atoms with Gasteiger partial charge in [-0.15, -0.1) is 0 Å². The van der Waals surface area contributed by atoms with E-state index in [4.69, 9.17) is 9.47 Å². The molecular weight excluding hydrogens is 458 g/mol. The molecule has 0 aliphatic carbocycles. The van der Waals surface area contributed by atoms with Crippen LogP contribution in [0.15, 0.2) is 53.4 Å². The zero-order valence-corrected chi connectivity index (χ0v) is 18.2. The number of methoxy groups -OCH3 is 1. The van der Waals surface area contributed by atoms with E-state index >= 15 is 0 Å². The number of carbonyl (C=O) groups excluding carboxylic acids is 2. The van der Waals surface area contributed by atoms with Crippen LogP contribution in [0.25, 0.3) is 0 Å². The molecule has 1 fully saturated rings. The summed E-state index contributed by atoms with van der Waals surface area (Å²) in [4.78, 5) is 34.5. The number of ether oxygens (including phenoxy) is 2. The van der Waals surface area contributed by atoms with Crippen molar-refractivity contribution in [2.24, 2.45) is 0 Å². The summed E-state index contributed by atoms with van der Waals surface area (Å²) in [7, 11) is -3.02. The van der Waals surface area contributed by atoms with Crippen LogP contribution < -0.4 is 10.1 Å². The van der Waals surface area contributed by atoms with Gasteiger partial charge in [0.1, 0.15) is 11.8 Å². The van der Waals surface area contributed by atoms with Gasteiger partial charge in [0.15, 0.2) is 11.5 Å². The molecule has 0 aromatic heterocycles. The summed E-state index contributed by atoms with van der Waals surface area (Å²) in [5, 5.41) is 23.7. The van der Waals surface area contributed by atoms with E-state index in [1.165, 1.54) is 19.2 Å². The van der Waals surface area contributed by atoms with Gasteiger partial charge in [0.25, 0.3) is 21.6 Å². The van der Waals surface area contributed by atoms with Gasteiger partial charge in [0.2, 0.25) is 0 Å². The minimum absolute atomic E-state index is 0.279. The van der Waals surface area contributed by atoms with Gasteiger partial charge in [-0.2, -0.15) is 4.31 Å². The zero-order valence-electron chi connectivity index (χ0n) is 17.4. The highest BCUT2D eigenvalue weighted by Crippen LogP contribution is 2.31. The number of esters is 1. The number of amides is 1. The van der Waals surface area contributed by atoms with Crippen LogP contribution in [0.2, 0.25) is 0 Å². The molecule has 0 radical (unpaired) electrons. The number of hydrogen-bond donors (Lipinski definition) is 2. The number of nitro benzene ring substituents is 1. The molecule has 1 heterocycles. The zero-order chi connectivity index (χ0) is 24.2. The number of aliphatic hydroxyl groups is 1. The lowest BCUT2D eigenvalue weighted by Gasteiger charge is -2.22. The molecule has 0 saturated carbocycles. The highest BCUT2D eigenvalue weighted by molar-refractivity contribution is 7.89. The Balaban J connectivity index is 1.70. The first-order valence-electron chi connectivity index (χ1n) is 9.67. The standard InChI is InChI=1S/C20H21N3O9S/c1-31-15-8-6-13(7-9-15)21-19(25)12-32-20(26)17-10-14(24)11-22(17)33(29,30)18-5-3-2-4-16(18)23(27)28/h2-9,14,17,24H,10-12H2,1H3,(H,21,25). The first-order valence-corrected chi connectivity index (χ1v) is 11.1. The average Bonchev–Trinajstić information content (AvgIpc) is 3.20. The van der Waals surface area contributed by atoms with Crippen molar-refractivity contribution in [3.05, 3.63) is 58.6 Å². The Morgan fingerprint density at radius 2 is 1.88 bits per heavy atom. The van der Waals surface area contributed by atoms with Crippen LogP contribution in [0.5, 0.6) is 5.75 Å². The van der Waals surface area contributed by atoms with Crippen LogP contribution in [-0.2, 0) is 24.3 Å². The topological polar surface area (TPSA) is 165 Å². The molecule has 1 aliphatic rings. The third kappa shape index (κ3) is 5.45. The third-order valence-electron chi connectivity index (χ3n) is 4.87. The van der Waals surface area contributed by atoms with Crippen molar-refractivity contribution in [2.45, 2.75) is 23.5 Å².